The van der Waals surface area contributed by atoms with Crippen molar-refractivity contribution >= 4 is 31.9 Å². The molecule has 112 valence electrons. The standard InChI is InChI=1S/C12H16BrNO5S/c1-3-14(4-5-15)20(18,19)11-7-9(12(16)17)6-10(13)8(11)2/h6-7,15H,3-5H2,1-2H3,(H,16,17). The van der Waals surface area contributed by atoms with Crippen LogP contribution in [0.3, 0.4) is 0 Å². The van der Waals surface area contributed by atoms with Crippen molar-refractivity contribution in [1.29, 1.82) is 0 Å². The van der Waals surface area contributed by atoms with Crippen molar-refractivity contribution in [3.63, 3.8) is 0 Å². The van der Waals surface area contributed by atoms with Gasteiger partial charge in [-0.3, -0.25) is 0 Å². The fraction of sp³-hybridized carbons (Fsp3) is 0.417. The number of hydrogen-bond donors (Lipinski definition) is 2. The second-order valence-corrected chi connectivity index (χ2v) is 6.87. The number of halogens is 1. The molecule has 1 rings (SSSR count). The van der Waals surface area contributed by atoms with Gasteiger partial charge in [-0.15, -0.1) is 0 Å². The highest BCUT2D eigenvalue weighted by atomic mass is 79.9. The fourth-order valence-corrected chi connectivity index (χ4v) is 4.05. The summed E-state index contributed by atoms with van der Waals surface area (Å²) in [5.74, 6) is -1.20. The first kappa shape index (κ1) is 17.1. The van der Waals surface area contributed by atoms with Gasteiger partial charge in [0.2, 0.25) is 10.0 Å². The van der Waals surface area contributed by atoms with Crippen LogP contribution in [-0.2, 0) is 10.0 Å². The Morgan fingerprint density at radius 1 is 1.40 bits per heavy atom. The number of carboxylic acid groups (broad SMARTS) is 1. The number of rotatable bonds is 6. The molecule has 0 unspecified atom stereocenters. The van der Waals surface area contributed by atoms with Gasteiger partial charge in [0.15, 0.2) is 0 Å². The van der Waals surface area contributed by atoms with Crippen LogP contribution in [0.1, 0.15) is 22.8 Å². The lowest BCUT2D eigenvalue weighted by Gasteiger charge is -2.21. The SMILES string of the molecule is CCN(CCO)S(=O)(=O)c1cc(C(=O)O)cc(Br)c1C. The monoisotopic (exact) mass is 365 g/mol. The van der Waals surface area contributed by atoms with Crippen molar-refractivity contribution in [1.82, 2.24) is 4.31 Å². The summed E-state index contributed by atoms with van der Waals surface area (Å²) >= 11 is 3.17. The van der Waals surface area contributed by atoms with E-state index < -0.39 is 16.0 Å². The predicted molar refractivity (Wildman–Crippen MR) is 77.4 cm³/mol. The molecule has 0 heterocycles. The Balaban J connectivity index is 3.48. The molecule has 6 nitrogen and oxygen atoms in total. The Labute approximate surface area is 126 Å². The molecule has 8 heteroatoms. The minimum Gasteiger partial charge on any atom is -0.478 e. The van der Waals surface area contributed by atoms with Crippen LogP contribution in [0.15, 0.2) is 21.5 Å². The Bertz CT molecular complexity index is 615. The first-order chi connectivity index (χ1) is 9.25. The van der Waals surface area contributed by atoms with Gasteiger partial charge in [-0.05, 0) is 24.6 Å². The molecule has 0 aliphatic carbocycles. The van der Waals surface area contributed by atoms with Gasteiger partial charge < -0.3 is 10.2 Å². The normalized spacial score (nSPS) is 11.8. The number of aliphatic hydroxyl groups excluding tert-OH is 1. The second kappa shape index (κ2) is 6.66. The van der Waals surface area contributed by atoms with E-state index in [9.17, 15) is 13.2 Å². The molecule has 0 atom stereocenters. The summed E-state index contributed by atoms with van der Waals surface area (Å²) in [5.41, 5.74) is 0.326. The molecule has 20 heavy (non-hydrogen) atoms. The van der Waals surface area contributed by atoms with Gasteiger partial charge in [-0.25, -0.2) is 13.2 Å². The highest BCUT2D eigenvalue weighted by Gasteiger charge is 2.26. The second-order valence-electron chi connectivity index (χ2n) is 4.11. The zero-order valence-electron chi connectivity index (χ0n) is 11.1. The number of sulfonamides is 1. The molecule has 1 aromatic carbocycles. The summed E-state index contributed by atoms with van der Waals surface area (Å²) in [6, 6.07) is 2.50. The zero-order chi connectivity index (χ0) is 15.5. The van der Waals surface area contributed by atoms with E-state index in [0.29, 0.717) is 10.0 Å². The lowest BCUT2D eigenvalue weighted by molar-refractivity contribution is 0.0696. The first-order valence-electron chi connectivity index (χ1n) is 5.90. The van der Waals surface area contributed by atoms with Crippen LogP contribution >= 0.6 is 15.9 Å². The Hall–Kier alpha value is -0.960. The van der Waals surface area contributed by atoms with Crippen LogP contribution < -0.4 is 0 Å². The van der Waals surface area contributed by atoms with Gasteiger partial charge in [0.25, 0.3) is 0 Å². The van der Waals surface area contributed by atoms with Crippen molar-refractivity contribution in [2.45, 2.75) is 18.7 Å². The molecule has 2 N–H and O–H groups in total. The van der Waals surface area contributed by atoms with Crippen LogP contribution in [0.5, 0.6) is 0 Å². The third-order valence-electron chi connectivity index (χ3n) is 2.86. The summed E-state index contributed by atoms with van der Waals surface area (Å²) in [7, 11) is -3.84. The average molecular weight is 366 g/mol. The first-order valence-corrected chi connectivity index (χ1v) is 8.13. The van der Waals surface area contributed by atoms with Gasteiger partial charge >= 0.3 is 5.97 Å². The number of carbonyl (C=O) groups is 1. The average Bonchev–Trinajstić information content (AvgIpc) is 2.38. The molecule has 0 aliphatic heterocycles. The molecule has 0 spiro atoms. The smallest absolute Gasteiger partial charge is 0.335 e. The molecule has 0 fully saturated rings. The van der Waals surface area contributed by atoms with Crippen molar-refractivity contribution in [3.8, 4) is 0 Å². The van der Waals surface area contributed by atoms with E-state index in [4.69, 9.17) is 10.2 Å². The maximum Gasteiger partial charge on any atom is 0.335 e. The Kier molecular flexibility index (Phi) is 5.69. The quantitative estimate of drug-likeness (QED) is 0.795. The van der Waals surface area contributed by atoms with E-state index in [-0.39, 0.29) is 30.2 Å². The number of benzene rings is 1. The van der Waals surface area contributed by atoms with Crippen LogP contribution in [-0.4, -0.2) is 48.6 Å². The molecule has 0 aromatic heterocycles. The van der Waals surface area contributed by atoms with E-state index in [2.05, 4.69) is 15.9 Å². The Morgan fingerprint density at radius 3 is 2.45 bits per heavy atom. The highest BCUT2D eigenvalue weighted by molar-refractivity contribution is 9.10. The molecule has 0 saturated carbocycles. The van der Waals surface area contributed by atoms with Crippen LogP contribution in [0.2, 0.25) is 0 Å². The third kappa shape index (κ3) is 3.38. The third-order valence-corrected chi connectivity index (χ3v) is 5.79. The number of likely N-dealkylation sites (N-methyl/N-ethyl adjacent to an activating group) is 1. The van der Waals surface area contributed by atoms with Crippen LogP contribution in [0, 0.1) is 6.92 Å². The maximum atomic E-state index is 12.5. The van der Waals surface area contributed by atoms with Gasteiger partial charge in [0.1, 0.15) is 0 Å². The van der Waals surface area contributed by atoms with Gasteiger partial charge in [0.05, 0.1) is 17.1 Å². The van der Waals surface area contributed by atoms with E-state index in [0.717, 1.165) is 10.4 Å². The van der Waals surface area contributed by atoms with Gasteiger partial charge in [-0.2, -0.15) is 4.31 Å². The van der Waals surface area contributed by atoms with Crippen LogP contribution in [0.4, 0.5) is 0 Å². The van der Waals surface area contributed by atoms with E-state index in [1.807, 2.05) is 0 Å². The predicted octanol–water partition coefficient (Wildman–Crippen LogP) is 1.46. The molecule has 0 bridgehead atoms. The van der Waals surface area contributed by atoms with Crippen molar-refractivity contribution in [2.24, 2.45) is 0 Å². The molecule has 0 aliphatic rings. The maximum absolute atomic E-state index is 12.5. The minimum absolute atomic E-state index is 0.0345. The number of carboxylic acids is 1. The molecule has 0 saturated heterocycles. The number of nitrogens with zero attached hydrogens (tertiary/aromatic N) is 1. The largest absolute Gasteiger partial charge is 0.478 e. The number of aromatic carboxylic acids is 1. The zero-order valence-corrected chi connectivity index (χ0v) is 13.5. The topological polar surface area (TPSA) is 94.9 Å². The lowest BCUT2D eigenvalue weighted by atomic mass is 10.1. The van der Waals surface area contributed by atoms with Crippen molar-refractivity contribution in [3.05, 3.63) is 27.7 Å². The van der Waals surface area contributed by atoms with E-state index in [1.165, 1.54) is 6.07 Å². The summed E-state index contributed by atoms with van der Waals surface area (Å²) in [6.45, 7) is 3.10. The van der Waals surface area contributed by atoms with Gasteiger partial charge in [-0.1, -0.05) is 22.9 Å². The summed E-state index contributed by atoms with van der Waals surface area (Å²) < 4.78 is 26.5. The highest BCUT2D eigenvalue weighted by Crippen LogP contribution is 2.28. The lowest BCUT2D eigenvalue weighted by Crippen LogP contribution is -2.34. The van der Waals surface area contributed by atoms with Gasteiger partial charge in [0, 0.05) is 17.6 Å². The van der Waals surface area contributed by atoms with Crippen molar-refractivity contribution in [2.75, 3.05) is 19.7 Å². The summed E-state index contributed by atoms with van der Waals surface area (Å²) in [6.07, 6.45) is 0. The molecule has 0 amide bonds. The fourth-order valence-electron chi connectivity index (χ4n) is 1.74. The van der Waals surface area contributed by atoms with Crippen molar-refractivity contribution < 1.29 is 23.4 Å². The number of hydrogen-bond acceptors (Lipinski definition) is 4. The molecular weight excluding hydrogens is 350 g/mol. The molecule has 1 aromatic rings. The van der Waals surface area contributed by atoms with E-state index in [1.54, 1.807) is 13.8 Å². The summed E-state index contributed by atoms with van der Waals surface area (Å²) in [4.78, 5) is 11.0. The molecule has 0 radical (unpaired) electrons. The summed E-state index contributed by atoms with van der Waals surface area (Å²) in [5, 5.41) is 18.0. The van der Waals surface area contributed by atoms with Crippen LogP contribution in [0.25, 0.3) is 0 Å². The van der Waals surface area contributed by atoms with E-state index >= 15 is 0 Å². The Morgan fingerprint density at radius 2 is 2.00 bits per heavy atom. The molecular formula is C12H16BrNO5S. The minimum atomic E-state index is -3.84. The number of aliphatic hydroxyl groups is 1.